The summed E-state index contributed by atoms with van der Waals surface area (Å²) in [7, 11) is 0. The third-order valence-electron chi connectivity index (χ3n) is 4.89. The molecule has 0 radical (unpaired) electrons. The van der Waals surface area contributed by atoms with E-state index in [0.717, 1.165) is 11.1 Å². The largest absolute Gasteiger partial charge is 0.460 e. The third-order valence-corrected chi connectivity index (χ3v) is 4.89. The summed E-state index contributed by atoms with van der Waals surface area (Å²) in [5.74, 6) is -0.345. The summed E-state index contributed by atoms with van der Waals surface area (Å²) >= 11 is 0. The van der Waals surface area contributed by atoms with E-state index in [1.54, 1.807) is 13.0 Å². The first kappa shape index (κ1) is 21.2. The van der Waals surface area contributed by atoms with E-state index in [1.807, 2.05) is 66.7 Å². The molecular weight excluding hydrogens is 368 g/mol. The van der Waals surface area contributed by atoms with Crippen LogP contribution < -0.4 is 0 Å². The van der Waals surface area contributed by atoms with E-state index in [2.05, 4.69) is 0 Å². The van der Waals surface area contributed by atoms with Crippen LogP contribution in [-0.4, -0.2) is 35.5 Å². The van der Waals surface area contributed by atoms with Gasteiger partial charge in [-0.1, -0.05) is 72.8 Å². The number of carbonyl (C=O) groups excluding carboxylic acids is 1. The SMILES string of the molecule is C[C@H]1OC(=O)CC[C@H](OCc2ccccc2)[C@H](OCc2ccccc2)/C=C/[C@@H]1O. The molecule has 2 aromatic carbocycles. The Morgan fingerprint density at radius 3 is 2.14 bits per heavy atom. The molecule has 1 aliphatic rings. The summed E-state index contributed by atoms with van der Waals surface area (Å²) < 4.78 is 17.6. The van der Waals surface area contributed by atoms with Gasteiger partial charge in [0.15, 0.2) is 0 Å². The Bertz CT molecular complexity index is 774. The molecule has 0 fully saturated rings. The van der Waals surface area contributed by atoms with Crippen molar-refractivity contribution in [3.63, 3.8) is 0 Å². The summed E-state index contributed by atoms with van der Waals surface area (Å²) in [4.78, 5) is 12.1. The van der Waals surface area contributed by atoms with Gasteiger partial charge in [-0.2, -0.15) is 0 Å². The fraction of sp³-hybridized carbons (Fsp3) is 0.375. The van der Waals surface area contributed by atoms with Crippen LogP contribution in [0.2, 0.25) is 0 Å². The summed E-state index contributed by atoms with van der Waals surface area (Å²) in [6.45, 7) is 2.51. The number of aliphatic hydroxyl groups is 1. The lowest BCUT2D eigenvalue weighted by Gasteiger charge is -2.28. The Kier molecular flexibility index (Phi) is 7.99. The quantitative estimate of drug-likeness (QED) is 0.594. The predicted molar refractivity (Wildman–Crippen MR) is 110 cm³/mol. The van der Waals surface area contributed by atoms with E-state index < -0.39 is 18.3 Å². The summed E-state index contributed by atoms with van der Waals surface area (Å²) in [6, 6.07) is 19.8. The smallest absolute Gasteiger partial charge is 0.306 e. The van der Waals surface area contributed by atoms with Crippen molar-refractivity contribution in [1.29, 1.82) is 0 Å². The Morgan fingerprint density at radius 1 is 0.931 bits per heavy atom. The normalized spacial score (nSPS) is 26.5. The maximum Gasteiger partial charge on any atom is 0.306 e. The summed E-state index contributed by atoms with van der Waals surface area (Å²) in [5.41, 5.74) is 2.10. The molecule has 0 aromatic heterocycles. The molecule has 5 nitrogen and oxygen atoms in total. The average molecular weight is 396 g/mol. The second-order valence-electron chi connectivity index (χ2n) is 7.21. The highest BCUT2D eigenvalue weighted by Crippen LogP contribution is 2.20. The number of ether oxygens (including phenoxy) is 3. The molecule has 0 amide bonds. The zero-order valence-corrected chi connectivity index (χ0v) is 16.6. The van der Waals surface area contributed by atoms with Gasteiger partial charge in [0.1, 0.15) is 18.3 Å². The standard InChI is InChI=1S/C24H28O5/c1-18-21(25)12-13-22(27-16-19-8-4-2-5-9-19)23(14-15-24(26)29-18)28-17-20-10-6-3-7-11-20/h2-13,18,21-23,25H,14-17H2,1H3/b13-12+/t18-,21+,22-,23+/m1/s1. The molecule has 1 aliphatic heterocycles. The van der Waals surface area contributed by atoms with Crippen LogP contribution in [0.15, 0.2) is 72.8 Å². The van der Waals surface area contributed by atoms with Gasteiger partial charge >= 0.3 is 5.97 Å². The van der Waals surface area contributed by atoms with E-state index >= 15 is 0 Å². The van der Waals surface area contributed by atoms with Crippen LogP contribution in [0.5, 0.6) is 0 Å². The van der Waals surface area contributed by atoms with Crippen LogP contribution in [0.3, 0.4) is 0 Å². The van der Waals surface area contributed by atoms with E-state index in [1.165, 1.54) is 0 Å². The maximum absolute atomic E-state index is 12.1. The van der Waals surface area contributed by atoms with Crippen LogP contribution in [0.1, 0.15) is 30.9 Å². The number of cyclic esters (lactones) is 1. The molecular formula is C24H28O5. The van der Waals surface area contributed by atoms with Gasteiger partial charge in [-0.3, -0.25) is 4.79 Å². The van der Waals surface area contributed by atoms with Gasteiger partial charge in [-0.15, -0.1) is 0 Å². The number of rotatable bonds is 6. The first-order chi connectivity index (χ1) is 14.1. The molecule has 4 atom stereocenters. The molecule has 0 bridgehead atoms. The first-order valence-electron chi connectivity index (χ1n) is 9.99. The van der Waals surface area contributed by atoms with Crippen LogP contribution in [-0.2, 0) is 32.2 Å². The first-order valence-corrected chi connectivity index (χ1v) is 9.99. The topological polar surface area (TPSA) is 65.0 Å². The highest BCUT2D eigenvalue weighted by atomic mass is 16.6. The van der Waals surface area contributed by atoms with E-state index in [-0.39, 0.29) is 18.5 Å². The number of hydrogen-bond acceptors (Lipinski definition) is 5. The van der Waals surface area contributed by atoms with Gasteiger partial charge in [-0.25, -0.2) is 0 Å². The minimum absolute atomic E-state index is 0.204. The van der Waals surface area contributed by atoms with Gasteiger partial charge in [0.05, 0.1) is 19.3 Å². The van der Waals surface area contributed by atoms with Gasteiger partial charge < -0.3 is 19.3 Å². The van der Waals surface area contributed by atoms with Crippen molar-refractivity contribution in [2.75, 3.05) is 0 Å². The number of hydrogen-bond donors (Lipinski definition) is 1. The van der Waals surface area contributed by atoms with Crippen molar-refractivity contribution in [3.8, 4) is 0 Å². The predicted octanol–water partition coefficient (Wildman–Crippen LogP) is 3.80. The highest BCUT2D eigenvalue weighted by Gasteiger charge is 2.26. The van der Waals surface area contributed by atoms with Crippen molar-refractivity contribution in [3.05, 3.63) is 83.9 Å². The molecule has 2 aromatic rings. The fourth-order valence-electron chi connectivity index (χ4n) is 3.15. The number of aliphatic hydroxyl groups excluding tert-OH is 1. The van der Waals surface area contributed by atoms with Gasteiger partial charge in [-0.05, 0) is 24.5 Å². The molecule has 0 saturated carbocycles. The van der Waals surface area contributed by atoms with Crippen molar-refractivity contribution >= 4 is 5.97 Å². The van der Waals surface area contributed by atoms with Crippen molar-refractivity contribution in [2.24, 2.45) is 0 Å². The van der Waals surface area contributed by atoms with Crippen molar-refractivity contribution in [1.82, 2.24) is 0 Å². The molecule has 0 unspecified atom stereocenters. The maximum atomic E-state index is 12.1. The Balaban J connectivity index is 1.75. The summed E-state index contributed by atoms with van der Waals surface area (Å²) in [6.07, 6.45) is 1.88. The van der Waals surface area contributed by atoms with E-state index in [9.17, 15) is 9.90 Å². The lowest BCUT2D eigenvalue weighted by Crippen LogP contribution is -2.34. The molecule has 0 spiro atoms. The molecule has 3 rings (SSSR count). The second kappa shape index (κ2) is 10.9. The van der Waals surface area contributed by atoms with Crippen molar-refractivity contribution in [2.45, 2.75) is 57.4 Å². The second-order valence-corrected chi connectivity index (χ2v) is 7.21. The van der Waals surface area contributed by atoms with Crippen molar-refractivity contribution < 1.29 is 24.1 Å². The average Bonchev–Trinajstić information content (AvgIpc) is 2.75. The third kappa shape index (κ3) is 6.82. The van der Waals surface area contributed by atoms with Crippen LogP contribution in [0, 0.1) is 0 Å². The van der Waals surface area contributed by atoms with Crippen LogP contribution in [0.4, 0.5) is 0 Å². The van der Waals surface area contributed by atoms with Gasteiger partial charge in [0.2, 0.25) is 0 Å². The molecule has 1 N–H and O–H groups in total. The molecule has 0 aliphatic carbocycles. The molecule has 0 saturated heterocycles. The number of benzene rings is 2. The lowest BCUT2D eigenvalue weighted by atomic mass is 10.0. The number of esters is 1. The minimum Gasteiger partial charge on any atom is -0.460 e. The number of carbonyl (C=O) groups is 1. The minimum atomic E-state index is -0.894. The fourth-order valence-corrected chi connectivity index (χ4v) is 3.15. The van der Waals surface area contributed by atoms with Crippen LogP contribution in [0.25, 0.3) is 0 Å². The lowest BCUT2D eigenvalue weighted by molar-refractivity contribution is -0.154. The molecule has 154 valence electrons. The molecule has 29 heavy (non-hydrogen) atoms. The van der Waals surface area contributed by atoms with Gasteiger partial charge in [0, 0.05) is 6.42 Å². The Labute approximate surface area is 171 Å². The zero-order chi connectivity index (χ0) is 20.5. The van der Waals surface area contributed by atoms with E-state index in [4.69, 9.17) is 14.2 Å². The van der Waals surface area contributed by atoms with Crippen LogP contribution >= 0.6 is 0 Å². The zero-order valence-electron chi connectivity index (χ0n) is 16.6. The Morgan fingerprint density at radius 2 is 1.52 bits per heavy atom. The summed E-state index contributed by atoms with van der Waals surface area (Å²) in [5, 5.41) is 10.3. The van der Waals surface area contributed by atoms with Gasteiger partial charge in [0.25, 0.3) is 0 Å². The monoisotopic (exact) mass is 396 g/mol. The highest BCUT2D eigenvalue weighted by molar-refractivity contribution is 5.69. The van der Waals surface area contributed by atoms with E-state index in [0.29, 0.717) is 19.6 Å². The Hall–Kier alpha value is -2.47. The molecule has 1 heterocycles. The molecule has 5 heteroatoms.